The average Bonchev–Trinajstić information content (AvgIpc) is 2.96. The van der Waals surface area contributed by atoms with Crippen molar-refractivity contribution in [1.82, 2.24) is 15.5 Å². The fourth-order valence-corrected chi connectivity index (χ4v) is 3.29. The molecule has 1 saturated carbocycles. The first kappa shape index (κ1) is 16.8. The third-order valence-corrected chi connectivity index (χ3v) is 4.60. The Morgan fingerprint density at radius 1 is 1.27 bits per heavy atom. The van der Waals surface area contributed by atoms with Crippen LogP contribution >= 0.6 is 0 Å². The summed E-state index contributed by atoms with van der Waals surface area (Å²) in [5.74, 6) is 0.277. The molecule has 22 heavy (non-hydrogen) atoms. The molecule has 6 nitrogen and oxygen atoms in total. The van der Waals surface area contributed by atoms with Crippen LogP contribution in [0.3, 0.4) is 0 Å². The number of nitrogens with one attached hydrogen (secondary N) is 2. The van der Waals surface area contributed by atoms with Gasteiger partial charge in [-0.2, -0.15) is 0 Å². The number of rotatable bonds is 5. The summed E-state index contributed by atoms with van der Waals surface area (Å²) in [7, 11) is 1.76. The number of carbonyl (C=O) groups is 3. The van der Waals surface area contributed by atoms with Gasteiger partial charge in [0.2, 0.25) is 17.7 Å². The highest BCUT2D eigenvalue weighted by atomic mass is 16.2. The van der Waals surface area contributed by atoms with Gasteiger partial charge in [-0.15, -0.1) is 0 Å². The van der Waals surface area contributed by atoms with Gasteiger partial charge in [0.1, 0.15) is 0 Å². The number of piperidine rings is 1. The zero-order valence-corrected chi connectivity index (χ0v) is 13.6. The van der Waals surface area contributed by atoms with Crippen LogP contribution in [0.25, 0.3) is 0 Å². The summed E-state index contributed by atoms with van der Waals surface area (Å²) < 4.78 is 0. The zero-order valence-electron chi connectivity index (χ0n) is 13.6. The van der Waals surface area contributed by atoms with E-state index in [2.05, 4.69) is 10.6 Å². The van der Waals surface area contributed by atoms with Crippen LogP contribution in [-0.4, -0.2) is 48.3 Å². The van der Waals surface area contributed by atoms with Crippen molar-refractivity contribution in [2.24, 2.45) is 5.92 Å². The maximum absolute atomic E-state index is 12.0. The summed E-state index contributed by atoms with van der Waals surface area (Å²) in [4.78, 5) is 37.1. The predicted molar refractivity (Wildman–Crippen MR) is 83.0 cm³/mol. The molecule has 2 N–H and O–H groups in total. The van der Waals surface area contributed by atoms with Crippen LogP contribution in [0.5, 0.6) is 0 Å². The number of likely N-dealkylation sites (tertiary alicyclic amines) is 1. The number of likely N-dealkylation sites (N-methyl/N-ethyl adjacent to an activating group) is 1. The van der Waals surface area contributed by atoms with Crippen LogP contribution in [-0.2, 0) is 14.4 Å². The van der Waals surface area contributed by atoms with Crippen LogP contribution in [0.1, 0.15) is 51.9 Å². The molecule has 2 rings (SSSR count). The van der Waals surface area contributed by atoms with Gasteiger partial charge in [-0.25, -0.2) is 0 Å². The maximum atomic E-state index is 12.0. The lowest BCUT2D eigenvalue weighted by atomic mass is 10.0. The summed E-state index contributed by atoms with van der Waals surface area (Å²) in [6.07, 6.45) is 5.64. The fraction of sp³-hybridized carbons (Fsp3) is 0.812. The molecule has 0 aromatic heterocycles. The lowest BCUT2D eigenvalue weighted by molar-refractivity contribution is -0.134. The molecule has 1 aliphatic heterocycles. The topological polar surface area (TPSA) is 78.5 Å². The molecule has 2 atom stereocenters. The van der Waals surface area contributed by atoms with Crippen LogP contribution < -0.4 is 10.6 Å². The van der Waals surface area contributed by atoms with Crippen molar-refractivity contribution in [2.45, 2.75) is 64.0 Å². The number of nitrogens with zero attached hydrogens (tertiary/aromatic N) is 1. The molecule has 0 aromatic rings. The number of carbonyl (C=O) groups excluding carboxylic acids is 3. The van der Waals surface area contributed by atoms with E-state index in [0.29, 0.717) is 19.4 Å². The molecule has 0 unspecified atom stereocenters. The van der Waals surface area contributed by atoms with Crippen molar-refractivity contribution in [1.29, 1.82) is 0 Å². The molecule has 3 amide bonds. The molecule has 1 heterocycles. The largest absolute Gasteiger partial charge is 0.353 e. The zero-order chi connectivity index (χ0) is 16.1. The van der Waals surface area contributed by atoms with Crippen molar-refractivity contribution in [3.63, 3.8) is 0 Å². The van der Waals surface area contributed by atoms with Crippen LogP contribution in [0.15, 0.2) is 0 Å². The molecule has 1 aliphatic carbocycles. The van der Waals surface area contributed by atoms with E-state index in [-0.39, 0.29) is 42.1 Å². The highest BCUT2D eigenvalue weighted by molar-refractivity contribution is 5.82. The normalized spacial score (nSPS) is 24.2. The molecule has 0 aromatic carbocycles. The Bertz CT molecular complexity index is 432. The van der Waals surface area contributed by atoms with Crippen molar-refractivity contribution >= 4 is 17.7 Å². The van der Waals surface area contributed by atoms with Gasteiger partial charge in [0.25, 0.3) is 0 Å². The molecule has 1 saturated heterocycles. The Kier molecular flexibility index (Phi) is 5.80. The first-order valence-corrected chi connectivity index (χ1v) is 8.29. The quantitative estimate of drug-likeness (QED) is 0.789. The third-order valence-electron chi connectivity index (χ3n) is 4.60. The number of hydrogen-bond acceptors (Lipinski definition) is 3. The monoisotopic (exact) mass is 309 g/mol. The second kappa shape index (κ2) is 7.61. The van der Waals surface area contributed by atoms with Crippen molar-refractivity contribution in [2.75, 3.05) is 13.6 Å². The van der Waals surface area contributed by atoms with Gasteiger partial charge in [0, 0.05) is 44.4 Å². The first-order valence-electron chi connectivity index (χ1n) is 8.29. The van der Waals surface area contributed by atoms with Gasteiger partial charge < -0.3 is 15.5 Å². The van der Waals surface area contributed by atoms with Crippen LogP contribution in [0.4, 0.5) is 0 Å². The second-order valence-electron chi connectivity index (χ2n) is 6.67. The second-order valence-corrected chi connectivity index (χ2v) is 6.67. The molecule has 0 radical (unpaired) electrons. The summed E-state index contributed by atoms with van der Waals surface area (Å²) >= 11 is 0. The standard InChI is InChI=1S/C16H27N3O3/c1-11(17-16(22)12-5-3-4-6-12)9-14(20)18-13-7-8-15(21)19(2)10-13/h11-13H,3-10H2,1-2H3,(H,17,22)(H,18,20)/t11-,13+/m1/s1. The van der Waals surface area contributed by atoms with E-state index >= 15 is 0 Å². The minimum absolute atomic E-state index is 0.0212. The van der Waals surface area contributed by atoms with E-state index in [1.807, 2.05) is 6.92 Å². The first-order chi connectivity index (χ1) is 10.5. The van der Waals surface area contributed by atoms with E-state index in [1.165, 1.54) is 0 Å². The lowest BCUT2D eigenvalue weighted by Gasteiger charge is -2.30. The molecule has 2 fully saturated rings. The Morgan fingerprint density at radius 2 is 1.95 bits per heavy atom. The van der Waals surface area contributed by atoms with E-state index in [0.717, 1.165) is 25.7 Å². The van der Waals surface area contributed by atoms with Crippen molar-refractivity contribution in [3.8, 4) is 0 Å². The highest BCUT2D eigenvalue weighted by Gasteiger charge is 2.26. The minimum atomic E-state index is -0.156. The Hall–Kier alpha value is -1.59. The van der Waals surface area contributed by atoms with Gasteiger partial charge in [-0.1, -0.05) is 12.8 Å². The van der Waals surface area contributed by atoms with Crippen LogP contribution in [0.2, 0.25) is 0 Å². The Labute approximate surface area is 132 Å². The molecule has 2 aliphatic rings. The highest BCUT2D eigenvalue weighted by Crippen LogP contribution is 2.24. The Balaban J connectivity index is 1.69. The van der Waals surface area contributed by atoms with Gasteiger partial charge in [-0.05, 0) is 26.2 Å². The van der Waals surface area contributed by atoms with Gasteiger partial charge in [0.05, 0.1) is 0 Å². The van der Waals surface area contributed by atoms with Crippen molar-refractivity contribution < 1.29 is 14.4 Å². The van der Waals surface area contributed by atoms with E-state index in [4.69, 9.17) is 0 Å². The van der Waals surface area contributed by atoms with Gasteiger partial charge in [-0.3, -0.25) is 14.4 Å². The Morgan fingerprint density at radius 3 is 2.59 bits per heavy atom. The van der Waals surface area contributed by atoms with Crippen molar-refractivity contribution in [3.05, 3.63) is 0 Å². The number of hydrogen-bond donors (Lipinski definition) is 2. The molecule has 6 heteroatoms. The fourth-order valence-electron chi connectivity index (χ4n) is 3.29. The molecular weight excluding hydrogens is 282 g/mol. The summed E-state index contributed by atoms with van der Waals surface area (Å²) in [5, 5.41) is 5.90. The minimum Gasteiger partial charge on any atom is -0.353 e. The van der Waals surface area contributed by atoms with Gasteiger partial charge in [0.15, 0.2) is 0 Å². The summed E-state index contributed by atoms with van der Waals surface area (Å²) in [6, 6.07) is -0.135. The molecule has 0 bridgehead atoms. The smallest absolute Gasteiger partial charge is 0.223 e. The predicted octanol–water partition coefficient (Wildman–Crippen LogP) is 0.808. The van der Waals surface area contributed by atoms with E-state index in [9.17, 15) is 14.4 Å². The summed E-state index contributed by atoms with van der Waals surface area (Å²) in [5.41, 5.74) is 0. The van der Waals surface area contributed by atoms with Crippen LogP contribution in [0, 0.1) is 5.92 Å². The van der Waals surface area contributed by atoms with Gasteiger partial charge >= 0.3 is 0 Å². The molecule has 0 spiro atoms. The van der Waals surface area contributed by atoms with E-state index < -0.39 is 0 Å². The molecular formula is C16H27N3O3. The average molecular weight is 309 g/mol. The maximum Gasteiger partial charge on any atom is 0.223 e. The molecule has 124 valence electrons. The summed E-state index contributed by atoms with van der Waals surface area (Å²) in [6.45, 7) is 2.43. The third kappa shape index (κ3) is 4.71. The lowest BCUT2D eigenvalue weighted by Crippen LogP contribution is -2.49. The van der Waals surface area contributed by atoms with E-state index in [1.54, 1.807) is 11.9 Å². The SMILES string of the molecule is C[C@H](CC(=O)N[C@H]1CCC(=O)N(C)C1)NC(=O)C1CCCC1. The number of amides is 3.